The molecule has 0 radical (unpaired) electrons. The second-order valence-electron chi connectivity index (χ2n) is 4.40. The molecule has 0 aromatic heterocycles. The summed E-state index contributed by atoms with van der Waals surface area (Å²) in [6.45, 7) is 5.07. The van der Waals surface area contributed by atoms with E-state index >= 15 is 0 Å². The summed E-state index contributed by atoms with van der Waals surface area (Å²) in [5.41, 5.74) is 0.615. The van der Waals surface area contributed by atoms with E-state index in [1.54, 1.807) is 12.1 Å². The van der Waals surface area contributed by atoms with E-state index in [1.807, 2.05) is 0 Å². The average Bonchev–Trinajstić information content (AvgIpc) is 2.26. The standard InChI is InChI=1S/C13H19FN2O/c1-10(2)6-7-15-13(17)9-16-12-5-3-4-11(14)8-12/h3-5,8,10,16H,6-7,9H2,1-2H3,(H,15,17). The van der Waals surface area contributed by atoms with Crippen LogP contribution in [-0.4, -0.2) is 19.0 Å². The molecule has 0 aliphatic carbocycles. The van der Waals surface area contributed by atoms with Gasteiger partial charge in [0.15, 0.2) is 0 Å². The summed E-state index contributed by atoms with van der Waals surface area (Å²) in [5.74, 6) is 0.191. The third-order valence-corrected chi connectivity index (χ3v) is 2.32. The van der Waals surface area contributed by atoms with Crippen LogP contribution in [0.25, 0.3) is 0 Å². The van der Waals surface area contributed by atoms with E-state index in [0.29, 0.717) is 18.2 Å². The number of amides is 1. The van der Waals surface area contributed by atoms with E-state index in [2.05, 4.69) is 24.5 Å². The first-order valence-electron chi connectivity index (χ1n) is 5.84. The predicted octanol–water partition coefficient (Wildman–Crippen LogP) is 2.40. The molecular weight excluding hydrogens is 219 g/mol. The molecule has 0 bridgehead atoms. The number of carbonyl (C=O) groups excluding carboxylic acids is 1. The Kier molecular flexibility index (Phi) is 5.46. The highest BCUT2D eigenvalue weighted by Gasteiger charge is 2.01. The van der Waals surface area contributed by atoms with Gasteiger partial charge in [0.1, 0.15) is 5.82 Å². The van der Waals surface area contributed by atoms with E-state index in [9.17, 15) is 9.18 Å². The minimum absolute atomic E-state index is 0.0742. The zero-order valence-electron chi connectivity index (χ0n) is 10.3. The van der Waals surface area contributed by atoms with Gasteiger partial charge in [-0.1, -0.05) is 19.9 Å². The number of rotatable bonds is 6. The topological polar surface area (TPSA) is 41.1 Å². The largest absolute Gasteiger partial charge is 0.376 e. The molecule has 17 heavy (non-hydrogen) atoms. The molecule has 0 saturated heterocycles. The Morgan fingerprint density at radius 1 is 1.41 bits per heavy atom. The Labute approximate surface area is 101 Å². The number of benzene rings is 1. The van der Waals surface area contributed by atoms with Gasteiger partial charge in [0.25, 0.3) is 0 Å². The average molecular weight is 238 g/mol. The van der Waals surface area contributed by atoms with Crippen molar-refractivity contribution in [2.45, 2.75) is 20.3 Å². The van der Waals surface area contributed by atoms with Crippen molar-refractivity contribution in [2.75, 3.05) is 18.4 Å². The Balaban J connectivity index is 2.24. The maximum atomic E-state index is 12.8. The highest BCUT2D eigenvalue weighted by atomic mass is 19.1. The van der Waals surface area contributed by atoms with Crippen molar-refractivity contribution in [1.82, 2.24) is 5.32 Å². The monoisotopic (exact) mass is 238 g/mol. The van der Waals surface area contributed by atoms with Crippen LogP contribution in [0.1, 0.15) is 20.3 Å². The van der Waals surface area contributed by atoms with Gasteiger partial charge in [-0.15, -0.1) is 0 Å². The molecule has 0 heterocycles. The molecule has 0 fully saturated rings. The zero-order valence-corrected chi connectivity index (χ0v) is 10.3. The van der Waals surface area contributed by atoms with Gasteiger partial charge in [0.05, 0.1) is 6.54 Å². The number of hydrogen-bond acceptors (Lipinski definition) is 2. The van der Waals surface area contributed by atoms with Crippen LogP contribution >= 0.6 is 0 Å². The highest BCUT2D eigenvalue weighted by Crippen LogP contribution is 2.08. The van der Waals surface area contributed by atoms with E-state index in [0.717, 1.165) is 6.42 Å². The second kappa shape index (κ2) is 6.89. The Bertz CT molecular complexity index is 366. The van der Waals surface area contributed by atoms with Crippen LogP contribution in [0, 0.1) is 11.7 Å². The Morgan fingerprint density at radius 2 is 2.18 bits per heavy atom. The quantitative estimate of drug-likeness (QED) is 0.799. The molecule has 0 saturated carbocycles. The fourth-order valence-corrected chi connectivity index (χ4v) is 1.34. The molecule has 0 aliphatic heterocycles. The fourth-order valence-electron chi connectivity index (χ4n) is 1.34. The summed E-state index contributed by atoms with van der Waals surface area (Å²) in [6.07, 6.45) is 0.964. The Hall–Kier alpha value is -1.58. The summed E-state index contributed by atoms with van der Waals surface area (Å²) in [7, 11) is 0. The zero-order chi connectivity index (χ0) is 12.7. The van der Waals surface area contributed by atoms with E-state index < -0.39 is 0 Å². The molecule has 0 aliphatic rings. The van der Waals surface area contributed by atoms with E-state index in [4.69, 9.17) is 0 Å². The number of carbonyl (C=O) groups is 1. The van der Waals surface area contributed by atoms with Crippen molar-refractivity contribution in [2.24, 2.45) is 5.92 Å². The molecule has 0 atom stereocenters. The number of halogens is 1. The summed E-state index contributed by atoms with van der Waals surface area (Å²) < 4.78 is 12.8. The highest BCUT2D eigenvalue weighted by molar-refractivity contribution is 5.80. The third-order valence-electron chi connectivity index (χ3n) is 2.32. The maximum absolute atomic E-state index is 12.8. The van der Waals surface area contributed by atoms with Gasteiger partial charge in [-0.3, -0.25) is 4.79 Å². The normalized spacial score (nSPS) is 10.4. The maximum Gasteiger partial charge on any atom is 0.239 e. The van der Waals surface area contributed by atoms with Crippen LogP contribution < -0.4 is 10.6 Å². The lowest BCUT2D eigenvalue weighted by Crippen LogP contribution is -2.31. The van der Waals surface area contributed by atoms with Crippen molar-refractivity contribution < 1.29 is 9.18 Å². The molecule has 4 heteroatoms. The van der Waals surface area contributed by atoms with Crippen molar-refractivity contribution >= 4 is 11.6 Å². The van der Waals surface area contributed by atoms with Crippen LogP contribution in [0.3, 0.4) is 0 Å². The van der Waals surface area contributed by atoms with E-state index in [1.165, 1.54) is 12.1 Å². The van der Waals surface area contributed by atoms with Crippen LogP contribution in [0.15, 0.2) is 24.3 Å². The first kappa shape index (κ1) is 13.5. The lowest BCUT2D eigenvalue weighted by atomic mass is 10.1. The molecule has 0 unspecified atom stereocenters. The van der Waals surface area contributed by atoms with Crippen LogP contribution in [-0.2, 0) is 4.79 Å². The van der Waals surface area contributed by atoms with Crippen molar-refractivity contribution in [3.8, 4) is 0 Å². The van der Waals surface area contributed by atoms with Gasteiger partial charge in [0.2, 0.25) is 5.91 Å². The molecule has 1 aromatic rings. The predicted molar refractivity (Wildman–Crippen MR) is 67.4 cm³/mol. The molecular formula is C13H19FN2O. The smallest absolute Gasteiger partial charge is 0.239 e. The second-order valence-corrected chi connectivity index (χ2v) is 4.40. The summed E-state index contributed by atoms with van der Waals surface area (Å²) in [4.78, 5) is 11.4. The lowest BCUT2D eigenvalue weighted by molar-refractivity contribution is -0.119. The number of anilines is 1. The number of nitrogens with one attached hydrogen (secondary N) is 2. The van der Waals surface area contributed by atoms with Crippen molar-refractivity contribution in [1.29, 1.82) is 0 Å². The van der Waals surface area contributed by atoms with Gasteiger partial charge < -0.3 is 10.6 Å². The molecule has 1 aromatic carbocycles. The summed E-state index contributed by atoms with van der Waals surface area (Å²) in [5, 5.41) is 5.68. The molecule has 1 rings (SSSR count). The van der Waals surface area contributed by atoms with Gasteiger partial charge in [-0.25, -0.2) is 4.39 Å². The van der Waals surface area contributed by atoms with Crippen molar-refractivity contribution in [3.05, 3.63) is 30.1 Å². The molecule has 3 nitrogen and oxygen atoms in total. The molecule has 94 valence electrons. The minimum Gasteiger partial charge on any atom is -0.376 e. The Morgan fingerprint density at radius 3 is 2.82 bits per heavy atom. The van der Waals surface area contributed by atoms with Crippen molar-refractivity contribution in [3.63, 3.8) is 0 Å². The van der Waals surface area contributed by atoms with Crippen LogP contribution in [0.5, 0.6) is 0 Å². The van der Waals surface area contributed by atoms with Gasteiger partial charge in [0, 0.05) is 12.2 Å². The lowest BCUT2D eigenvalue weighted by Gasteiger charge is -2.09. The SMILES string of the molecule is CC(C)CCNC(=O)CNc1cccc(F)c1. The summed E-state index contributed by atoms with van der Waals surface area (Å²) in [6, 6.07) is 6.06. The molecule has 1 amide bonds. The molecule has 0 spiro atoms. The van der Waals surface area contributed by atoms with Gasteiger partial charge in [-0.2, -0.15) is 0 Å². The van der Waals surface area contributed by atoms with Crippen LogP contribution in [0.4, 0.5) is 10.1 Å². The third kappa shape index (κ3) is 5.90. The van der Waals surface area contributed by atoms with Gasteiger partial charge in [-0.05, 0) is 30.5 Å². The summed E-state index contributed by atoms with van der Waals surface area (Å²) >= 11 is 0. The van der Waals surface area contributed by atoms with E-state index in [-0.39, 0.29) is 18.3 Å². The molecule has 2 N–H and O–H groups in total. The minimum atomic E-state index is -0.310. The van der Waals surface area contributed by atoms with Gasteiger partial charge >= 0.3 is 0 Å². The first-order chi connectivity index (χ1) is 8.08. The fraction of sp³-hybridized carbons (Fsp3) is 0.462. The first-order valence-corrected chi connectivity index (χ1v) is 5.84. The van der Waals surface area contributed by atoms with Crippen LogP contribution in [0.2, 0.25) is 0 Å². The number of hydrogen-bond donors (Lipinski definition) is 2.